The second-order valence-corrected chi connectivity index (χ2v) is 3.84. The van der Waals surface area contributed by atoms with Gasteiger partial charge in [-0.2, -0.15) is 0 Å². The molecule has 0 unspecified atom stereocenters. The van der Waals surface area contributed by atoms with Crippen LogP contribution >= 0.6 is 0 Å². The van der Waals surface area contributed by atoms with Crippen molar-refractivity contribution in [2.75, 3.05) is 6.61 Å². The fourth-order valence-electron chi connectivity index (χ4n) is 1.28. The van der Waals surface area contributed by atoms with Crippen LogP contribution in [0.2, 0.25) is 0 Å². The topological polar surface area (TPSA) is 46.5 Å². The fraction of sp³-hybridized carbons (Fsp3) is 0.308. The van der Waals surface area contributed by atoms with Gasteiger partial charge in [-0.3, -0.25) is 0 Å². The zero-order chi connectivity index (χ0) is 12.1. The number of hydrogen-bond acceptors (Lipinski definition) is 2. The molecule has 0 aromatic heterocycles. The molecule has 16 heavy (non-hydrogen) atoms. The number of aromatic carboxylic acids is 1. The van der Waals surface area contributed by atoms with Gasteiger partial charge in [0.25, 0.3) is 0 Å². The quantitative estimate of drug-likeness (QED) is 0.776. The van der Waals surface area contributed by atoms with Crippen LogP contribution in [0.15, 0.2) is 30.4 Å². The first kappa shape index (κ1) is 12.3. The van der Waals surface area contributed by atoms with Crippen molar-refractivity contribution >= 4 is 5.97 Å². The van der Waals surface area contributed by atoms with Crippen molar-refractivity contribution in [3.8, 4) is 5.75 Å². The number of hydrogen-bond donors (Lipinski definition) is 1. The van der Waals surface area contributed by atoms with Gasteiger partial charge < -0.3 is 9.84 Å². The lowest BCUT2D eigenvalue weighted by Gasteiger charge is -2.09. The SMILES string of the molecule is C=C(C)CCOc1ccc(C(=O)O)cc1C. The number of carbonyl (C=O) groups is 1. The molecular weight excluding hydrogens is 204 g/mol. The molecule has 0 fully saturated rings. The molecular formula is C13H16O3. The Morgan fingerprint density at radius 2 is 2.19 bits per heavy atom. The van der Waals surface area contributed by atoms with E-state index in [-0.39, 0.29) is 5.56 Å². The maximum atomic E-state index is 10.7. The van der Waals surface area contributed by atoms with E-state index in [0.717, 1.165) is 23.3 Å². The molecule has 0 aliphatic heterocycles. The van der Waals surface area contributed by atoms with E-state index >= 15 is 0 Å². The third kappa shape index (κ3) is 3.42. The van der Waals surface area contributed by atoms with Crippen LogP contribution in [0.5, 0.6) is 5.75 Å². The minimum absolute atomic E-state index is 0.282. The predicted octanol–water partition coefficient (Wildman–Crippen LogP) is 3.04. The Kier molecular flexibility index (Phi) is 4.11. The van der Waals surface area contributed by atoms with Crippen LogP contribution in [-0.4, -0.2) is 17.7 Å². The van der Waals surface area contributed by atoms with Gasteiger partial charge in [0, 0.05) is 6.42 Å². The molecule has 0 aliphatic carbocycles. The fourth-order valence-corrected chi connectivity index (χ4v) is 1.28. The van der Waals surface area contributed by atoms with Gasteiger partial charge in [0.05, 0.1) is 12.2 Å². The van der Waals surface area contributed by atoms with Crippen LogP contribution in [0.4, 0.5) is 0 Å². The average Bonchev–Trinajstić information content (AvgIpc) is 2.19. The lowest BCUT2D eigenvalue weighted by atomic mass is 10.1. The zero-order valence-electron chi connectivity index (χ0n) is 9.62. The molecule has 0 spiro atoms. The van der Waals surface area contributed by atoms with Crippen LogP contribution in [-0.2, 0) is 0 Å². The number of aryl methyl sites for hydroxylation is 1. The van der Waals surface area contributed by atoms with Crippen molar-refractivity contribution in [1.29, 1.82) is 0 Å². The molecule has 0 amide bonds. The Balaban J connectivity index is 2.68. The smallest absolute Gasteiger partial charge is 0.335 e. The molecule has 0 saturated heterocycles. The number of carboxylic acids is 1. The standard InChI is InChI=1S/C13H16O3/c1-9(2)6-7-16-12-5-4-11(13(14)15)8-10(12)3/h4-5,8H,1,6-7H2,2-3H3,(H,14,15). The molecule has 0 saturated carbocycles. The average molecular weight is 220 g/mol. The van der Waals surface area contributed by atoms with E-state index < -0.39 is 5.97 Å². The van der Waals surface area contributed by atoms with Gasteiger partial charge in [-0.1, -0.05) is 5.57 Å². The molecule has 1 N–H and O–H groups in total. The molecule has 0 aliphatic rings. The molecule has 0 radical (unpaired) electrons. The molecule has 3 nitrogen and oxygen atoms in total. The second kappa shape index (κ2) is 5.35. The minimum Gasteiger partial charge on any atom is -0.493 e. The third-order valence-corrected chi connectivity index (χ3v) is 2.21. The maximum Gasteiger partial charge on any atom is 0.335 e. The third-order valence-electron chi connectivity index (χ3n) is 2.21. The maximum absolute atomic E-state index is 10.7. The molecule has 0 bridgehead atoms. The summed E-state index contributed by atoms with van der Waals surface area (Å²) in [4.78, 5) is 10.7. The first-order valence-electron chi connectivity index (χ1n) is 5.12. The van der Waals surface area contributed by atoms with Crippen molar-refractivity contribution in [3.05, 3.63) is 41.5 Å². The summed E-state index contributed by atoms with van der Waals surface area (Å²) in [5.41, 5.74) is 2.19. The molecule has 86 valence electrons. The lowest BCUT2D eigenvalue weighted by molar-refractivity contribution is 0.0696. The zero-order valence-corrected chi connectivity index (χ0v) is 9.62. The summed E-state index contributed by atoms with van der Waals surface area (Å²) < 4.78 is 5.53. The van der Waals surface area contributed by atoms with Gasteiger partial charge in [-0.05, 0) is 37.6 Å². The van der Waals surface area contributed by atoms with E-state index in [1.165, 1.54) is 0 Å². The summed E-state index contributed by atoms with van der Waals surface area (Å²) in [6.07, 6.45) is 0.806. The Bertz CT molecular complexity index is 408. The Labute approximate surface area is 95.4 Å². The van der Waals surface area contributed by atoms with Gasteiger partial charge in [0.15, 0.2) is 0 Å². The van der Waals surface area contributed by atoms with Gasteiger partial charge >= 0.3 is 5.97 Å². The highest BCUT2D eigenvalue weighted by atomic mass is 16.5. The minimum atomic E-state index is -0.920. The van der Waals surface area contributed by atoms with Crippen molar-refractivity contribution in [3.63, 3.8) is 0 Å². The van der Waals surface area contributed by atoms with Crippen molar-refractivity contribution < 1.29 is 14.6 Å². The summed E-state index contributed by atoms with van der Waals surface area (Å²) in [5, 5.41) is 8.80. The lowest BCUT2D eigenvalue weighted by Crippen LogP contribution is -2.01. The van der Waals surface area contributed by atoms with Crippen molar-refractivity contribution in [2.45, 2.75) is 20.3 Å². The summed E-state index contributed by atoms with van der Waals surface area (Å²) in [5.74, 6) is -0.192. The second-order valence-electron chi connectivity index (χ2n) is 3.84. The van der Waals surface area contributed by atoms with Crippen LogP contribution in [0, 0.1) is 6.92 Å². The van der Waals surface area contributed by atoms with Crippen molar-refractivity contribution in [1.82, 2.24) is 0 Å². The predicted molar refractivity (Wildman–Crippen MR) is 63.1 cm³/mol. The summed E-state index contributed by atoms with van der Waals surface area (Å²) in [6.45, 7) is 8.14. The van der Waals surface area contributed by atoms with Gasteiger partial charge in [-0.15, -0.1) is 6.58 Å². The number of carboxylic acid groups (broad SMARTS) is 1. The molecule has 0 atom stereocenters. The molecule has 1 aromatic rings. The van der Waals surface area contributed by atoms with E-state index in [1.54, 1.807) is 18.2 Å². The molecule has 1 rings (SSSR count). The largest absolute Gasteiger partial charge is 0.493 e. The summed E-state index contributed by atoms with van der Waals surface area (Å²) >= 11 is 0. The Morgan fingerprint density at radius 1 is 1.50 bits per heavy atom. The normalized spacial score (nSPS) is 9.88. The highest BCUT2D eigenvalue weighted by Crippen LogP contribution is 2.19. The van der Waals surface area contributed by atoms with E-state index in [9.17, 15) is 4.79 Å². The van der Waals surface area contributed by atoms with E-state index in [2.05, 4.69) is 6.58 Å². The van der Waals surface area contributed by atoms with Gasteiger partial charge in [-0.25, -0.2) is 4.79 Å². The summed E-state index contributed by atoms with van der Waals surface area (Å²) in [6, 6.07) is 4.85. The molecule has 1 aromatic carbocycles. The Morgan fingerprint density at radius 3 is 2.69 bits per heavy atom. The molecule has 0 heterocycles. The monoisotopic (exact) mass is 220 g/mol. The van der Waals surface area contributed by atoms with Crippen LogP contribution in [0.3, 0.4) is 0 Å². The first-order valence-corrected chi connectivity index (χ1v) is 5.12. The Hall–Kier alpha value is -1.77. The van der Waals surface area contributed by atoms with Crippen LogP contribution in [0.25, 0.3) is 0 Å². The molecule has 3 heteroatoms. The summed E-state index contributed by atoms with van der Waals surface area (Å²) in [7, 11) is 0. The number of ether oxygens (including phenoxy) is 1. The van der Waals surface area contributed by atoms with Crippen LogP contribution in [0.1, 0.15) is 29.3 Å². The highest BCUT2D eigenvalue weighted by Gasteiger charge is 2.06. The van der Waals surface area contributed by atoms with E-state index in [0.29, 0.717) is 6.61 Å². The first-order chi connectivity index (χ1) is 7.50. The van der Waals surface area contributed by atoms with E-state index in [4.69, 9.17) is 9.84 Å². The van der Waals surface area contributed by atoms with Crippen LogP contribution < -0.4 is 4.74 Å². The van der Waals surface area contributed by atoms with Gasteiger partial charge in [0.2, 0.25) is 0 Å². The van der Waals surface area contributed by atoms with Gasteiger partial charge in [0.1, 0.15) is 5.75 Å². The van der Waals surface area contributed by atoms with Crippen molar-refractivity contribution in [2.24, 2.45) is 0 Å². The number of benzene rings is 1. The number of rotatable bonds is 5. The van der Waals surface area contributed by atoms with E-state index in [1.807, 2.05) is 13.8 Å². The highest BCUT2D eigenvalue weighted by molar-refractivity contribution is 5.88.